The highest BCUT2D eigenvalue weighted by Gasteiger charge is 2.37. The zero-order valence-corrected chi connectivity index (χ0v) is 17.2. The van der Waals surface area contributed by atoms with E-state index in [1.54, 1.807) is 25.3 Å². The lowest BCUT2D eigenvalue weighted by molar-refractivity contribution is -0.131. The van der Waals surface area contributed by atoms with E-state index in [1.807, 2.05) is 23.1 Å². The maximum Gasteiger partial charge on any atom is 0.240 e. The highest BCUT2D eigenvalue weighted by molar-refractivity contribution is 5.84. The fourth-order valence-corrected chi connectivity index (χ4v) is 4.27. The van der Waals surface area contributed by atoms with Crippen LogP contribution in [0.3, 0.4) is 0 Å². The van der Waals surface area contributed by atoms with E-state index in [4.69, 9.17) is 5.26 Å². The lowest BCUT2D eigenvalue weighted by atomic mass is 10.1. The average molecular weight is 407 g/mol. The van der Waals surface area contributed by atoms with Crippen LogP contribution in [-0.4, -0.2) is 66.0 Å². The van der Waals surface area contributed by atoms with Crippen LogP contribution in [0.15, 0.2) is 53.5 Å². The summed E-state index contributed by atoms with van der Waals surface area (Å²) in [5.41, 5.74) is 2.08. The Kier molecular flexibility index (Phi) is 5.96. The van der Waals surface area contributed by atoms with Crippen LogP contribution < -0.4 is 4.90 Å². The van der Waals surface area contributed by atoms with Crippen LogP contribution >= 0.6 is 0 Å². The van der Waals surface area contributed by atoms with Gasteiger partial charge in [-0.05, 0) is 49.1 Å². The van der Waals surface area contributed by atoms with Crippen molar-refractivity contribution < 1.29 is 9.18 Å². The molecule has 3 heterocycles. The minimum absolute atomic E-state index is 0.0962. The number of allylic oxidation sites excluding steroid dienone is 4. The van der Waals surface area contributed by atoms with Crippen molar-refractivity contribution >= 4 is 11.7 Å². The van der Waals surface area contributed by atoms with Gasteiger partial charge in [0.15, 0.2) is 0 Å². The van der Waals surface area contributed by atoms with Gasteiger partial charge in [-0.25, -0.2) is 9.37 Å². The summed E-state index contributed by atoms with van der Waals surface area (Å²) in [6.07, 6.45) is 8.53. The van der Waals surface area contributed by atoms with E-state index >= 15 is 0 Å². The number of carbonyl (C=O) groups is 1. The second-order valence-electron chi connectivity index (χ2n) is 8.00. The molecule has 7 heteroatoms. The largest absolute Gasteiger partial charge is 0.354 e. The summed E-state index contributed by atoms with van der Waals surface area (Å²) >= 11 is 0. The molecule has 0 N–H and O–H groups in total. The van der Waals surface area contributed by atoms with Gasteiger partial charge in [-0.1, -0.05) is 12.2 Å². The third-order valence-corrected chi connectivity index (χ3v) is 6.09. The molecule has 30 heavy (non-hydrogen) atoms. The molecule has 2 aliphatic heterocycles. The van der Waals surface area contributed by atoms with Gasteiger partial charge in [-0.3, -0.25) is 9.69 Å². The minimum atomic E-state index is -0.213. The molecular weight excluding hydrogens is 381 g/mol. The standard InChI is InChI=1S/C23H26FN5O/c1-17-3-2-4-18(13-20(17)24)16-29-8-7-21(23(29)30)27-9-11-28(12-10-27)22-6-5-19(14-25)15-26-22/h3-6,13,15,21H,2,7-12,16H2,1H3/t21-/m1/s1. The Morgan fingerprint density at radius 1 is 1.20 bits per heavy atom. The Bertz CT molecular complexity index is 935. The summed E-state index contributed by atoms with van der Waals surface area (Å²) in [6.45, 7) is 6.14. The molecule has 0 unspecified atom stereocenters. The number of piperazine rings is 1. The molecule has 3 aliphatic rings. The molecule has 1 amide bonds. The number of amides is 1. The van der Waals surface area contributed by atoms with Gasteiger partial charge in [-0.15, -0.1) is 0 Å². The molecule has 6 nitrogen and oxygen atoms in total. The van der Waals surface area contributed by atoms with Crippen LogP contribution in [0.2, 0.25) is 0 Å². The molecule has 0 bridgehead atoms. The number of nitriles is 1. The predicted octanol–water partition coefficient (Wildman–Crippen LogP) is 2.81. The first-order valence-corrected chi connectivity index (χ1v) is 10.4. The van der Waals surface area contributed by atoms with Crippen LogP contribution in [0.5, 0.6) is 0 Å². The van der Waals surface area contributed by atoms with Crippen molar-refractivity contribution in [1.29, 1.82) is 5.26 Å². The quantitative estimate of drug-likeness (QED) is 0.768. The second-order valence-corrected chi connectivity index (χ2v) is 8.00. The molecule has 1 aromatic rings. The van der Waals surface area contributed by atoms with Crippen LogP contribution in [0, 0.1) is 11.3 Å². The summed E-state index contributed by atoms with van der Waals surface area (Å²) in [7, 11) is 0. The van der Waals surface area contributed by atoms with Gasteiger partial charge in [0.05, 0.1) is 11.6 Å². The molecule has 1 atom stereocenters. The smallest absolute Gasteiger partial charge is 0.240 e. The van der Waals surface area contributed by atoms with E-state index in [0.717, 1.165) is 44.0 Å². The summed E-state index contributed by atoms with van der Waals surface area (Å²) in [4.78, 5) is 23.7. The second kappa shape index (κ2) is 8.80. The van der Waals surface area contributed by atoms with Gasteiger partial charge in [-0.2, -0.15) is 5.26 Å². The van der Waals surface area contributed by atoms with Gasteiger partial charge in [0, 0.05) is 45.5 Å². The summed E-state index contributed by atoms with van der Waals surface area (Å²) < 4.78 is 14.1. The van der Waals surface area contributed by atoms with Gasteiger partial charge in [0.25, 0.3) is 0 Å². The number of hydrogen-bond acceptors (Lipinski definition) is 5. The van der Waals surface area contributed by atoms with Crippen molar-refractivity contribution in [1.82, 2.24) is 14.8 Å². The third kappa shape index (κ3) is 4.29. The first-order valence-electron chi connectivity index (χ1n) is 10.4. The number of anilines is 1. The molecule has 0 radical (unpaired) electrons. The van der Waals surface area contributed by atoms with Crippen LogP contribution in [0.1, 0.15) is 25.3 Å². The van der Waals surface area contributed by atoms with Gasteiger partial charge < -0.3 is 9.80 Å². The number of rotatable bonds is 4. The molecular formula is C23H26FN5O. The molecule has 156 valence electrons. The van der Waals surface area contributed by atoms with Crippen LogP contribution in [-0.2, 0) is 4.79 Å². The van der Waals surface area contributed by atoms with E-state index in [1.165, 1.54) is 0 Å². The van der Waals surface area contributed by atoms with Crippen molar-refractivity contribution in [2.45, 2.75) is 25.8 Å². The molecule has 0 spiro atoms. The van der Waals surface area contributed by atoms with Crippen molar-refractivity contribution in [2.24, 2.45) is 0 Å². The number of halogens is 1. The summed E-state index contributed by atoms with van der Waals surface area (Å²) in [5, 5.41) is 8.91. The zero-order valence-electron chi connectivity index (χ0n) is 17.2. The number of pyridine rings is 1. The van der Waals surface area contributed by atoms with Crippen molar-refractivity contribution in [2.75, 3.05) is 44.2 Å². The van der Waals surface area contributed by atoms with E-state index in [2.05, 4.69) is 20.9 Å². The maximum absolute atomic E-state index is 14.1. The SMILES string of the molecule is CC1=CCC=C(CN2CC[C@@H](N3CCN(c4ccc(C#N)cn4)CC3)C2=O)C=C1F. The maximum atomic E-state index is 14.1. The first-order chi connectivity index (χ1) is 14.5. The lowest BCUT2D eigenvalue weighted by Crippen LogP contribution is -2.52. The Labute approximate surface area is 176 Å². The first kappa shape index (κ1) is 20.3. The van der Waals surface area contributed by atoms with Crippen molar-refractivity contribution in [3.8, 4) is 6.07 Å². The van der Waals surface area contributed by atoms with E-state index in [0.29, 0.717) is 30.6 Å². The Balaban J connectivity index is 1.32. The fourth-order valence-electron chi connectivity index (χ4n) is 4.27. The van der Waals surface area contributed by atoms with Gasteiger partial charge in [0.2, 0.25) is 5.91 Å². The number of nitrogens with zero attached hydrogens (tertiary/aromatic N) is 5. The minimum Gasteiger partial charge on any atom is -0.354 e. The van der Waals surface area contributed by atoms with E-state index in [9.17, 15) is 9.18 Å². The molecule has 1 aliphatic carbocycles. The van der Waals surface area contributed by atoms with Crippen molar-refractivity contribution in [3.63, 3.8) is 0 Å². The van der Waals surface area contributed by atoms with Crippen LogP contribution in [0.25, 0.3) is 0 Å². The molecule has 0 aromatic carbocycles. The molecule has 4 rings (SSSR count). The summed E-state index contributed by atoms with van der Waals surface area (Å²) in [6, 6.07) is 5.65. The number of likely N-dealkylation sites (tertiary alicyclic amines) is 1. The van der Waals surface area contributed by atoms with E-state index < -0.39 is 0 Å². The van der Waals surface area contributed by atoms with Gasteiger partial charge >= 0.3 is 0 Å². The monoisotopic (exact) mass is 407 g/mol. The third-order valence-electron chi connectivity index (χ3n) is 6.09. The Morgan fingerprint density at radius 2 is 2.00 bits per heavy atom. The normalized spacial score (nSPS) is 22.9. The summed E-state index contributed by atoms with van der Waals surface area (Å²) in [5.74, 6) is 0.795. The molecule has 1 aromatic heterocycles. The van der Waals surface area contributed by atoms with Gasteiger partial charge in [0.1, 0.15) is 17.7 Å². The molecule has 2 fully saturated rings. The Hall–Kier alpha value is -2.98. The Morgan fingerprint density at radius 3 is 2.70 bits per heavy atom. The van der Waals surface area contributed by atoms with Crippen molar-refractivity contribution in [3.05, 3.63) is 59.1 Å². The number of aromatic nitrogens is 1. The molecule has 2 saturated heterocycles. The van der Waals surface area contributed by atoms with Crippen LogP contribution in [0.4, 0.5) is 10.2 Å². The predicted molar refractivity (Wildman–Crippen MR) is 113 cm³/mol. The number of carbonyl (C=O) groups excluding carboxylic acids is 1. The highest BCUT2D eigenvalue weighted by atomic mass is 19.1. The average Bonchev–Trinajstić information content (AvgIpc) is 3.05. The molecule has 0 saturated carbocycles. The fraction of sp³-hybridized carbons (Fsp3) is 0.435. The lowest BCUT2D eigenvalue weighted by Gasteiger charge is -2.37. The highest BCUT2D eigenvalue weighted by Crippen LogP contribution is 2.24. The topological polar surface area (TPSA) is 63.5 Å². The zero-order chi connectivity index (χ0) is 21.1. The van der Waals surface area contributed by atoms with E-state index in [-0.39, 0.29) is 17.8 Å². The number of hydrogen-bond donors (Lipinski definition) is 0.